The molecule has 4 N–H and O–H groups in total. The molecule has 0 bridgehead atoms. The Morgan fingerprint density at radius 3 is 2.68 bits per heavy atom. The lowest BCUT2D eigenvalue weighted by Crippen LogP contribution is -2.28. The predicted octanol–water partition coefficient (Wildman–Crippen LogP) is 0.985. The molecule has 1 aromatic heterocycles. The molecule has 2 heterocycles. The van der Waals surface area contributed by atoms with Crippen LogP contribution in [0.15, 0.2) is 45.8 Å². The van der Waals surface area contributed by atoms with Crippen molar-refractivity contribution in [3.8, 4) is 11.3 Å². The summed E-state index contributed by atoms with van der Waals surface area (Å²) in [7, 11) is 0. The largest absolute Gasteiger partial charge is 0.451 e. The van der Waals surface area contributed by atoms with Gasteiger partial charge in [-0.2, -0.15) is 0 Å². The topological polar surface area (TPSA) is 92.6 Å². The van der Waals surface area contributed by atoms with E-state index in [0.29, 0.717) is 18.8 Å². The maximum absolute atomic E-state index is 11.8. The zero-order valence-electron chi connectivity index (χ0n) is 12.1. The molecule has 1 amide bonds. The minimum Gasteiger partial charge on any atom is -0.451 e. The lowest BCUT2D eigenvalue weighted by Gasteiger charge is -2.03. The molecule has 0 saturated carbocycles. The molecule has 6 heteroatoms. The van der Waals surface area contributed by atoms with Crippen molar-refractivity contribution in [2.75, 3.05) is 26.2 Å². The van der Waals surface area contributed by atoms with Crippen LogP contribution in [0.3, 0.4) is 0 Å². The van der Waals surface area contributed by atoms with E-state index in [4.69, 9.17) is 10.2 Å². The van der Waals surface area contributed by atoms with E-state index >= 15 is 0 Å². The Bertz CT molecular complexity index is 688. The summed E-state index contributed by atoms with van der Waals surface area (Å²) >= 11 is 0. The van der Waals surface area contributed by atoms with Crippen LogP contribution in [0, 0.1) is 0 Å². The smallest absolute Gasteiger partial charge is 0.287 e. The number of amidine groups is 1. The number of furan rings is 1. The van der Waals surface area contributed by atoms with Gasteiger partial charge < -0.3 is 20.8 Å². The fraction of sp³-hybridized carbons (Fsp3) is 0.250. The Morgan fingerprint density at radius 2 is 2.00 bits per heavy atom. The van der Waals surface area contributed by atoms with E-state index in [9.17, 15) is 4.79 Å². The highest BCUT2D eigenvalue weighted by atomic mass is 16.3. The van der Waals surface area contributed by atoms with Gasteiger partial charge in [0, 0.05) is 30.8 Å². The third kappa shape index (κ3) is 3.01. The molecule has 3 rings (SSSR count). The van der Waals surface area contributed by atoms with Crippen LogP contribution < -0.4 is 16.4 Å². The number of benzene rings is 1. The van der Waals surface area contributed by atoms with Gasteiger partial charge in [-0.3, -0.25) is 9.79 Å². The van der Waals surface area contributed by atoms with Crippen molar-refractivity contribution >= 4 is 11.7 Å². The summed E-state index contributed by atoms with van der Waals surface area (Å²) in [4.78, 5) is 16.2. The van der Waals surface area contributed by atoms with E-state index in [1.54, 1.807) is 12.1 Å². The molecular formula is C16H18N4O2. The van der Waals surface area contributed by atoms with Crippen LogP contribution >= 0.6 is 0 Å². The third-order valence-corrected chi connectivity index (χ3v) is 3.38. The van der Waals surface area contributed by atoms with Crippen molar-refractivity contribution in [1.29, 1.82) is 0 Å². The van der Waals surface area contributed by atoms with Crippen molar-refractivity contribution in [3.63, 3.8) is 0 Å². The number of rotatable bonds is 5. The van der Waals surface area contributed by atoms with Crippen LogP contribution in [-0.2, 0) is 0 Å². The standard InChI is InChI=1S/C16H18N4O2/c17-7-8-20-16(21)14-6-5-13(22-14)11-1-3-12(4-2-11)15-18-9-10-19-15/h1-6H,7-10,17H2,(H,18,19)(H,20,21). The number of nitrogens with one attached hydrogen (secondary N) is 2. The third-order valence-electron chi connectivity index (χ3n) is 3.38. The van der Waals surface area contributed by atoms with Crippen LogP contribution in [0.2, 0.25) is 0 Å². The second kappa shape index (κ2) is 6.44. The summed E-state index contributed by atoms with van der Waals surface area (Å²) in [6.07, 6.45) is 0. The second-order valence-electron chi connectivity index (χ2n) is 4.94. The molecule has 0 radical (unpaired) electrons. The molecule has 1 aliphatic rings. The number of carbonyl (C=O) groups excluding carboxylic acids is 1. The summed E-state index contributed by atoms with van der Waals surface area (Å²) in [5.41, 5.74) is 7.32. The normalized spacial score (nSPS) is 13.6. The average Bonchev–Trinajstić information content (AvgIpc) is 3.24. The zero-order chi connectivity index (χ0) is 15.4. The van der Waals surface area contributed by atoms with Gasteiger partial charge in [-0.25, -0.2) is 0 Å². The molecule has 0 unspecified atom stereocenters. The first-order chi connectivity index (χ1) is 10.8. The van der Waals surface area contributed by atoms with Crippen LogP contribution in [-0.4, -0.2) is 37.9 Å². The van der Waals surface area contributed by atoms with Gasteiger partial charge in [0.1, 0.15) is 11.6 Å². The summed E-state index contributed by atoms with van der Waals surface area (Å²) in [5, 5.41) is 5.91. The van der Waals surface area contributed by atoms with E-state index in [2.05, 4.69) is 15.6 Å². The summed E-state index contributed by atoms with van der Waals surface area (Å²) in [5.74, 6) is 1.62. The van der Waals surface area contributed by atoms with Crippen molar-refractivity contribution in [2.45, 2.75) is 0 Å². The lowest BCUT2D eigenvalue weighted by molar-refractivity contribution is 0.0928. The maximum Gasteiger partial charge on any atom is 0.287 e. The van der Waals surface area contributed by atoms with Gasteiger partial charge in [-0.15, -0.1) is 0 Å². The number of nitrogens with two attached hydrogens (primary N) is 1. The molecule has 6 nitrogen and oxygen atoms in total. The second-order valence-corrected chi connectivity index (χ2v) is 4.94. The van der Waals surface area contributed by atoms with E-state index < -0.39 is 0 Å². The Hall–Kier alpha value is -2.60. The summed E-state index contributed by atoms with van der Waals surface area (Å²) < 4.78 is 5.60. The molecule has 1 aromatic carbocycles. The first kappa shape index (κ1) is 14.3. The average molecular weight is 298 g/mol. The number of hydrogen-bond acceptors (Lipinski definition) is 5. The Morgan fingerprint density at radius 1 is 1.23 bits per heavy atom. The van der Waals surface area contributed by atoms with Crippen molar-refractivity contribution < 1.29 is 9.21 Å². The summed E-state index contributed by atoms with van der Waals surface area (Å²) in [6.45, 7) is 2.53. The van der Waals surface area contributed by atoms with E-state index in [0.717, 1.165) is 30.1 Å². The van der Waals surface area contributed by atoms with Gasteiger partial charge in [0.05, 0.1) is 6.54 Å². The van der Waals surface area contributed by atoms with E-state index in [-0.39, 0.29) is 11.7 Å². The van der Waals surface area contributed by atoms with E-state index in [1.807, 2.05) is 24.3 Å². The van der Waals surface area contributed by atoms with Gasteiger partial charge in [-0.1, -0.05) is 24.3 Å². The highest BCUT2D eigenvalue weighted by molar-refractivity contribution is 6.00. The fourth-order valence-corrected chi connectivity index (χ4v) is 2.27. The zero-order valence-corrected chi connectivity index (χ0v) is 12.1. The molecule has 0 aliphatic carbocycles. The fourth-order valence-electron chi connectivity index (χ4n) is 2.27. The van der Waals surface area contributed by atoms with E-state index in [1.165, 1.54) is 0 Å². The van der Waals surface area contributed by atoms with Gasteiger partial charge in [-0.05, 0) is 12.1 Å². The quantitative estimate of drug-likeness (QED) is 0.767. The molecule has 22 heavy (non-hydrogen) atoms. The molecule has 0 atom stereocenters. The predicted molar refractivity (Wildman–Crippen MR) is 84.9 cm³/mol. The van der Waals surface area contributed by atoms with Crippen LogP contribution in [0.1, 0.15) is 16.1 Å². The minimum absolute atomic E-state index is 0.252. The monoisotopic (exact) mass is 298 g/mol. The van der Waals surface area contributed by atoms with Gasteiger partial charge in [0.2, 0.25) is 0 Å². The van der Waals surface area contributed by atoms with Crippen molar-refractivity contribution in [3.05, 3.63) is 47.7 Å². The maximum atomic E-state index is 11.8. The highest BCUT2D eigenvalue weighted by Crippen LogP contribution is 2.22. The van der Waals surface area contributed by atoms with Crippen LogP contribution in [0.5, 0.6) is 0 Å². The Labute approximate surface area is 128 Å². The van der Waals surface area contributed by atoms with Gasteiger partial charge in [0.25, 0.3) is 5.91 Å². The number of aliphatic imine (C=N–C) groups is 1. The number of hydrogen-bond donors (Lipinski definition) is 3. The SMILES string of the molecule is NCCNC(=O)c1ccc(-c2ccc(C3=NCCN3)cc2)o1. The first-order valence-electron chi connectivity index (χ1n) is 7.25. The van der Waals surface area contributed by atoms with Gasteiger partial charge in [0.15, 0.2) is 5.76 Å². The Kier molecular flexibility index (Phi) is 4.20. The number of amides is 1. The number of nitrogens with zero attached hydrogens (tertiary/aromatic N) is 1. The molecule has 1 aliphatic heterocycles. The van der Waals surface area contributed by atoms with Crippen molar-refractivity contribution in [1.82, 2.24) is 10.6 Å². The van der Waals surface area contributed by atoms with Crippen LogP contribution in [0.25, 0.3) is 11.3 Å². The van der Waals surface area contributed by atoms with Crippen molar-refractivity contribution in [2.24, 2.45) is 10.7 Å². The molecule has 0 fully saturated rings. The molecule has 0 saturated heterocycles. The van der Waals surface area contributed by atoms with Gasteiger partial charge >= 0.3 is 0 Å². The minimum atomic E-state index is -0.252. The summed E-state index contributed by atoms with van der Waals surface area (Å²) in [6, 6.07) is 11.3. The molecule has 2 aromatic rings. The number of carbonyl (C=O) groups is 1. The molecule has 0 spiro atoms. The first-order valence-corrected chi connectivity index (χ1v) is 7.25. The Balaban J connectivity index is 1.74. The lowest BCUT2D eigenvalue weighted by atomic mass is 10.1. The van der Waals surface area contributed by atoms with Crippen LogP contribution in [0.4, 0.5) is 0 Å². The highest BCUT2D eigenvalue weighted by Gasteiger charge is 2.12. The molecular weight excluding hydrogens is 280 g/mol. The molecule has 114 valence electrons.